The van der Waals surface area contributed by atoms with Crippen molar-refractivity contribution in [3.63, 3.8) is 0 Å². The van der Waals surface area contributed by atoms with E-state index in [-0.39, 0.29) is 11.8 Å². The Kier molecular flexibility index (Phi) is 7.21. The molecule has 2 aromatic carbocycles. The Hall–Kier alpha value is -2.82. The predicted molar refractivity (Wildman–Crippen MR) is 102 cm³/mol. The molecule has 0 spiro atoms. The summed E-state index contributed by atoms with van der Waals surface area (Å²) in [6.45, 7) is 2.77. The summed E-state index contributed by atoms with van der Waals surface area (Å²) < 4.78 is 5.61. The van der Waals surface area contributed by atoms with Crippen LogP contribution in [0.3, 0.4) is 0 Å². The van der Waals surface area contributed by atoms with Gasteiger partial charge in [-0.2, -0.15) is 0 Å². The molecule has 0 saturated carbocycles. The Bertz CT molecular complexity index is 712. The van der Waals surface area contributed by atoms with Crippen molar-refractivity contribution in [1.29, 1.82) is 0 Å². The van der Waals surface area contributed by atoms with Gasteiger partial charge in [-0.15, -0.1) is 0 Å². The molecule has 0 aliphatic heterocycles. The number of benzene rings is 2. The Morgan fingerprint density at radius 1 is 1.04 bits per heavy atom. The third kappa shape index (κ3) is 5.34. The van der Waals surface area contributed by atoms with Crippen molar-refractivity contribution < 1.29 is 14.3 Å². The van der Waals surface area contributed by atoms with Crippen molar-refractivity contribution in [2.75, 3.05) is 20.7 Å². The number of rotatable bonds is 8. The molecule has 5 nitrogen and oxygen atoms in total. The van der Waals surface area contributed by atoms with Gasteiger partial charge in [0.25, 0.3) is 5.91 Å². The van der Waals surface area contributed by atoms with Crippen LogP contribution in [0.2, 0.25) is 0 Å². The molecule has 0 aliphatic rings. The molecule has 138 valence electrons. The number of carbonyl (C=O) groups is 2. The summed E-state index contributed by atoms with van der Waals surface area (Å²) >= 11 is 0. The van der Waals surface area contributed by atoms with Crippen LogP contribution in [0.15, 0.2) is 54.6 Å². The monoisotopic (exact) mass is 354 g/mol. The fourth-order valence-electron chi connectivity index (χ4n) is 2.44. The molecule has 0 heterocycles. The first-order valence-electron chi connectivity index (χ1n) is 8.82. The van der Waals surface area contributed by atoms with Crippen LogP contribution >= 0.6 is 0 Å². The van der Waals surface area contributed by atoms with Crippen molar-refractivity contribution in [3.05, 3.63) is 65.7 Å². The summed E-state index contributed by atoms with van der Waals surface area (Å²) in [4.78, 5) is 26.6. The first kappa shape index (κ1) is 19.5. The van der Waals surface area contributed by atoms with Gasteiger partial charge < -0.3 is 15.0 Å². The molecule has 0 unspecified atom stereocenters. The minimum Gasteiger partial charge on any atom is -0.494 e. The number of carbonyl (C=O) groups excluding carboxylic acids is 2. The highest BCUT2D eigenvalue weighted by molar-refractivity contribution is 5.97. The van der Waals surface area contributed by atoms with Gasteiger partial charge in [-0.3, -0.25) is 9.59 Å². The van der Waals surface area contributed by atoms with Gasteiger partial charge in [0.1, 0.15) is 11.8 Å². The molecule has 0 radical (unpaired) electrons. The lowest BCUT2D eigenvalue weighted by Gasteiger charge is -2.22. The zero-order valence-corrected chi connectivity index (χ0v) is 15.6. The number of ether oxygens (including phenoxy) is 1. The van der Waals surface area contributed by atoms with Gasteiger partial charge in [-0.1, -0.05) is 43.7 Å². The Labute approximate surface area is 155 Å². The smallest absolute Gasteiger partial charge is 0.252 e. The van der Waals surface area contributed by atoms with E-state index in [1.807, 2.05) is 30.3 Å². The van der Waals surface area contributed by atoms with E-state index >= 15 is 0 Å². The van der Waals surface area contributed by atoms with Crippen LogP contribution in [0.5, 0.6) is 5.75 Å². The lowest BCUT2D eigenvalue weighted by Crippen LogP contribution is -2.39. The summed E-state index contributed by atoms with van der Waals surface area (Å²) in [5, 5.41) is 2.83. The molecule has 5 heteroatoms. The average Bonchev–Trinajstić information content (AvgIpc) is 2.66. The van der Waals surface area contributed by atoms with E-state index < -0.39 is 6.04 Å². The molecule has 0 saturated heterocycles. The van der Waals surface area contributed by atoms with Crippen LogP contribution in [-0.2, 0) is 4.79 Å². The molecule has 1 N–H and O–H groups in total. The van der Waals surface area contributed by atoms with Gasteiger partial charge in [-0.05, 0) is 36.2 Å². The lowest BCUT2D eigenvalue weighted by atomic mass is 10.0. The molecule has 2 rings (SSSR count). The SMILES string of the molecule is CCCCOc1ccc(C(=O)N[C@@H](C(=O)N(C)C)c2ccccc2)cc1. The number of hydrogen-bond acceptors (Lipinski definition) is 3. The van der Waals surface area contributed by atoms with Crippen LogP contribution in [0.1, 0.15) is 41.7 Å². The quantitative estimate of drug-likeness (QED) is 0.739. The van der Waals surface area contributed by atoms with E-state index in [2.05, 4.69) is 12.2 Å². The van der Waals surface area contributed by atoms with E-state index in [9.17, 15) is 9.59 Å². The molecule has 26 heavy (non-hydrogen) atoms. The van der Waals surface area contributed by atoms with Gasteiger partial charge in [0.15, 0.2) is 0 Å². The van der Waals surface area contributed by atoms with Crippen LogP contribution in [0, 0.1) is 0 Å². The molecule has 0 aliphatic carbocycles. The molecule has 0 fully saturated rings. The largest absolute Gasteiger partial charge is 0.494 e. The number of likely N-dealkylation sites (N-methyl/N-ethyl adjacent to an activating group) is 1. The standard InChI is InChI=1S/C21H26N2O3/c1-4-5-15-26-18-13-11-17(12-14-18)20(24)22-19(21(25)23(2)3)16-9-7-6-8-10-16/h6-14,19H,4-5,15H2,1-3H3,(H,22,24)/t19-/m1/s1. The normalized spacial score (nSPS) is 11.5. The van der Waals surface area contributed by atoms with Crippen LogP contribution in [-0.4, -0.2) is 37.4 Å². The molecular weight excluding hydrogens is 328 g/mol. The first-order valence-corrected chi connectivity index (χ1v) is 8.82. The van der Waals surface area contributed by atoms with Gasteiger partial charge in [0, 0.05) is 19.7 Å². The predicted octanol–water partition coefficient (Wildman–Crippen LogP) is 3.42. The summed E-state index contributed by atoms with van der Waals surface area (Å²) in [5.41, 5.74) is 1.24. The van der Waals surface area contributed by atoms with Crippen molar-refractivity contribution in [2.24, 2.45) is 0 Å². The van der Waals surface area contributed by atoms with Crippen LogP contribution in [0.4, 0.5) is 0 Å². The maximum absolute atomic E-state index is 12.6. The Balaban J connectivity index is 2.10. The molecule has 1 atom stereocenters. The van der Waals surface area contributed by atoms with E-state index in [4.69, 9.17) is 4.74 Å². The molecule has 2 aromatic rings. The zero-order valence-electron chi connectivity index (χ0n) is 15.6. The lowest BCUT2D eigenvalue weighted by molar-refractivity contribution is -0.130. The molecule has 2 amide bonds. The highest BCUT2D eigenvalue weighted by Gasteiger charge is 2.24. The topological polar surface area (TPSA) is 58.6 Å². The number of nitrogens with one attached hydrogen (secondary N) is 1. The second-order valence-corrected chi connectivity index (χ2v) is 6.28. The number of hydrogen-bond donors (Lipinski definition) is 1. The van der Waals surface area contributed by atoms with Gasteiger partial charge >= 0.3 is 0 Å². The molecule has 0 bridgehead atoms. The fourth-order valence-corrected chi connectivity index (χ4v) is 2.44. The second-order valence-electron chi connectivity index (χ2n) is 6.28. The summed E-state index contributed by atoms with van der Waals surface area (Å²) in [7, 11) is 3.35. The van der Waals surface area contributed by atoms with E-state index in [1.54, 1.807) is 38.4 Å². The Morgan fingerprint density at radius 3 is 2.27 bits per heavy atom. The third-order valence-corrected chi connectivity index (χ3v) is 3.98. The maximum atomic E-state index is 12.6. The van der Waals surface area contributed by atoms with Gasteiger partial charge in [-0.25, -0.2) is 0 Å². The highest BCUT2D eigenvalue weighted by atomic mass is 16.5. The molecule has 0 aromatic heterocycles. The first-order chi connectivity index (χ1) is 12.5. The van der Waals surface area contributed by atoms with Gasteiger partial charge in [0.05, 0.1) is 6.61 Å². The van der Waals surface area contributed by atoms with Crippen molar-refractivity contribution in [2.45, 2.75) is 25.8 Å². The number of nitrogens with zero attached hydrogens (tertiary/aromatic N) is 1. The zero-order chi connectivity index (χ0) is 18.9. The minimum absolute atomic E-state index is 0.177. The summed E-state index contributed by atoms with van der Waals surface area (Å²) in [6.07, 6.45) is 2.06. The molecular formula is C21H26N2O3. The van der Waals surface area contributed by atoms with E-state index in [0.29, 0.717) is 12.2 Å². The maximum Gasteiger partial charge on any atom is 0.252 e. The highest BCUT2D eigenvalue weighted by Crippen LogP contribution is 2.17. The third-order valence-electron chi connectivity index (χ3n) is 3.98. The number of amides is 2. The summed E-state index contributed by atoms with van der Waals surface area (Å²) in [6, 6.07) is 15.5. The summed E-state index contributed by atoms with van der Waals surface area (Å²) in [5.74, 6) is 0.261. The van der Waals surface area contributed by atoms with E-state index in [0.717, 1.165) is 24.2 Å². The fraction of sp³-hybridized carbons (Fsp3) is 0.333. The van der Waals surface area contributed by atoms with Crippen molar-refractivity contribution in [1.82, 2.24) is 10.2 Å². The number of unbranched alkanes of at least 4 members (excludes halogenated alkanes) is 1. The van der Waals surface area contributed by atoms with Crippen molar-refractivity contribution in [3.8, 4) is 5.75 Å². The van der Waals surface area contributed by atoms with Gasteiger partial charge in [0.2, 0.25) is 5.91 Å². The minimum atomic E-state index is -0.723. The Morgan fingerprint density at radius 2 is 1.69 bits per heavy atom. The van der Waals surface area contributed by atoms with Crippen LogP contribution in [0.25, 0.3) is 0 Å². The van der Waals surface area contributed by atoms with E-state index in [1.165, 1.54) is 4.90 Å². The van der Waals surface area contributed by atoms with Crippen molar-refractivity contribution >= 4 is 11.8 Å². The second kappa shape index (κ2) is 9.61. The average molecular weight is 354 g/mol. The van der Waals surface area contributed by atoms with Crippen LogP contribution < -0.4 is 10.1 Å².